The highest BCUT2D eigenvalue weighted by Gasteiger charge is 2.41. The highest BCUT2D eigenvalue weighted by molar-refractivity contribution is 6.30. The van der Waals surface area contributed by atoms with Gasteiger partial charge in [-0.05, 0) is 23.6 Å². The van der Waals surface area contributed by atoms with E-state index in [1.165, 1.54) is 0 Å². The lowest BCUT2D eigenvalue weighted by atomic mass is 9.77. The Hall–Kier alpha value is -3.94. The Balaban J connectivity index is 2.02. The van der Waals surface area contributed by atoms with Gasteiger partial charge in [-0.2, -0.15) is 10.4 Å². The Bertz CT molecular complexity index is 1340. The molecule has 5 aromatic rings. The van der Waals surface area contributed by atoms with Crippen molar-refractivity contribution in [3.8, 4) is 6.07 Å². The van der Waals surface area contributed by atoms with Gasteiger partial charge in [-0.15, -0.1) is 0 Å². The lowest BCUT2D eigenvalue weighted by molar-refractivity contribution is 0.473. The van der Waals surface area contributed by atoms with Gasteiger partial charge in [-0.1, -0.05) is 103 Å². The van der Waals surface area contributed by atoms with E-state index in [4.69, 9.17) is 16.7 Å². The van der Waals surface area contributed by atoms with Gasteiger partial charge in [0, 0.05) is 6.07 Å². The molecule has 4 nitrogen and oxygen atoms in total. The number of pyridine rings is 1. The second-order valence-electron chi connectivity index (χ2n) is 7.61. The van der Waals surface area contributed by atoms with Crippen molar-refractivity contribution in [2.45, 2.75) is 12.5 Å². The molecule has 2 heterocycles. The van der Waals surface area contributed by atoms with Gasteiger partial charge in [0.2, 0.25) is 0 Å². The zero-order valence-corrected chi connectivity index (χ0v) is 18.2. The third-order valence-corrected chi connectivity index (χ3v) is 6.00. The summed E-state index contributed by atoms with van der Waals surface area (Å²) < 4.78 is 1.99. The maximum atomic E-state index is 9.74. The van der Waals surface area contributed by atoms with Crippen LogP contribution < -0.4 is 0 Å². The zero-order chi connectivity index (χ0) is 22.1. The standard InChI is InChI=1S/C27H19ClN4/c1-19-26-23(18-29)30-25(28)17-24(26)32(31-19)27(20-11-5-2-6-12-20,21-13-7-3-8-14-21)22-15-9-4-10-16-22/h2-17H,1H3. The van der Waals surface area contributed by atoms with Crippen molar-refractivity contribution in [1.82, 2.24) is 14.8 Å². The van der Waals surface area contributed by atoms with Crippen molar-refractivity contribution >= 4 is 22.5 Å². The maximum absolute atomic E-state index is 9.74. The topological polar surface area (TPSA) is 54.5 Å². The van der Waals surface area contributed by atoms with Gasteiger partial charge in [0.1, 0.15) is 16.8 Å². The van der Waals surface area contributed by atoms with E-state index in [2.05, 4.69) is 47.5 Å². The predicted octanol–water partition coefficient (Wildman–Crippen LogP) is 6.11. The SMILES string of the molecule is Cc1nn(C(c2ccccc2)(c2ccccc2)c2ccccc2)c2cc(Cl)nc(C#N)c12. The molecule has 0 bridgehead atoms. The van der Waals surface area contributed by atoms with E-state index in [9.17, 15) is 5.26 Å². The van der Waals surface area contributed by atoms with Crippen LogP contribution in [0.15, 0.2) is 97.1 Å². The van der Waals surface area contributed by atoms with Gasteiger partial charge in [-0.25, -0.2) is 9.67 Å². The first kappa shape index (κ1) is 20.0. The molecule has 0 unspecified atom stereocenters. The summed E-state index contributed by atoms with van der Waals surface area (Å²) in [4.78, 5) is 4.25. The summed E-state index contributed by atoms with van der Waals surface area (Å²) in [6.45, 7) is 1.90. The molecule has 0 N–H and O–H groups in total. The highest BCUT2D eigenvalue weighted by Crippen LogP contribution is 2.43. The first-order valence-electron chi connectivity index (χ1n) is 10.3. The van der Waals surface area contributed by atoms with Crippen LogP contribution in [0.25, 0.3) is 10.9 Å². The van der Waals surface area contributed by atoms with E-state index in [0.29, 0.717) is 5.39 Å². The number of nitrogens with zero attached hydrogens (tertiary/aromatic N) is 4. The van der Waals surface area contributed by atoms with Crippen LogP contribution in [-0.2, 0) is 5.54 Å². The Labute approximate surface area is 191 Å². The molecule has 0 radical (unpaired) electrons. The van der Waals surface area contributed by atoms with Crippen molar-refractivity contribution in [1.29, 1.82) is 5.26 Å². The fraction of sp³-hybridized carbons (Fsp3) is 0.0741. The lowest BCUT2D eigenvalue weighted by Gasteiger charge is -2.37. The summed E-state index contributed by atoms with van der Waals surface area (Å²) in [6, 6.07) is 34.8. The largest absolute Gasteiger partial charge is 0.245 e. The van der Waals surface area contributed by atoms with E-state index >= 15 is 0 Å². The molecule has 0 amide bonds. The number of benzene rings is 3. The summed E-state index contributed by atoms with van der Waals surface area (Å²) in [7, 11) is 0. The van der Waals surface area contributed by atoms with Crippen LogP contribution in [0, 0.1) is 18.3 Å². The van der Waals surface area contributed by atoms with Crippen molar-refractivity contribution in [2.24, 2.45) is 0 Å². The van der Waals surface area contributed by atoms with Crippen LogP contribution in [-0.4, -0.2) is 14.8 Å². The molecule has 0 aliphatic heterocycles. The maximum Gasteiger partial charge on any atom is 0.153 e. The Morgan fingerprint density at radius 2 is 1.28 bits per heavy atom. The number of hydrogen-bond acceptors (Lipinski definition) is 3. The third kappa shape index (κ3) is 2.98. The van der Waals surface area contributed by atoms with Crippen LogP contribution >= 0.6 is 11.6 Å². The van der Waals surface area contributed by atoms with Crippen molar-refractivity contribution < 1.29 is 0 Å². The quantitative estimate of drug-likeness (QED) is 0.253. The van der Waals surface area contributed by atoms with Gasteiger partial charge in [0.25, 0.3) is 0 Å². The third-order valence-electron chi connectivity index (χ3n) is 5.81. The molecule has 32 heavy (non-hydrogen) atoms. The molecule has 0 aliphatic rings. The van der Waals surface area contributed by atoms with E-state index in [-0.39, 0.29) is 10.8 Å². The van der Waals surface area contributed by atoms with Crippen LogP contribution in [0.4, 0.5) is 0 Å². The normalized spacial score (nSPS) is 11.4. The predicted molar refractivity (Wildman–Crippen MR) is 127 cm³/mol. The number of fused-ring (bicyclic) bond motifs is 1. The van der Waals surface area contributed by atoms with Crippen LogP contribution in [0.5, 0.6) is 0 Å². The molecule has 0 saturated heterocycles. The van der Waals surface area contributed by atoms with Gasteiger partial charge in [0.05, 0.1) is 16.6 Å². The average molecular weight is 435 g/mol. The second kappa shape index (κ2) is 7.96. The molecule has 154 valence electrons. The molecule has 5 rings (SSSR count). The number of aryl methyl sites for hydroxylation is 1. The summed E-state index contributed by atoms with van der Waals surface area (Å²) in [5.74, 6) is 0. The fourth-order valence-electron chi connectivity index (χ4n) is 4.52. The van der Waals surface area contributed by atoms with Crippen LogP contribution in [0.3, 0.4) is 0 Å². The number of rotatable bonds is 4. The number of halogens is 1. The minimum absolute atomic E-state index is 0.262. The molecule has 0 atom stereocenters. The first-order chi connectivity index (χ1) is 15.7. The summed E-state index contributed by atoms with van der Waals surface area (Å²) >= 11 is 6.37. The van der Waals surface area contributed by atoms with Gasteiger partial charge in [0.15, 0.2) is 5.69 Å². The number of nitriles is 1. The molecular weight excluding hydrogens is 416 g/mol. The minimum atomic E-state index is -0.784. The minimum Gasteiger partial charge on any atom is -0.245 e. The molecule has 3 aromatic carbocycles. The van der Waals surface area contributed by atoms with E-state index in [1.54, 1.807) is 6.07 Å². The Kier molecular flexibility index (Phi) is 4.97. The van der Waals surface area contributed by atoms with E-state index in [0.717, 1.165) is 27.9 Å². The summed E-state index contributed by atoms with van der Waals surface area (Å²) in [6.07, 6.45) is 0. The fourth-order valence-corrected chi connectivity index (χ4v) is 4.71. The summed E-state index contributed by atoms with van der Waals surface area (Å²) in [5.41, 5.74) is 4.13. The Morgan fingerprint density at radius 1 is 0.812 bits per heavy atom. The molecule has 0 fully saturated rings. The van der Waals surface area contributed by atoms with Crippen LogP contribution in [0.2, 0.25) is 5.15 Å². The lowest BCUT2D eigenvalue weighted by Crippen LogP contribution is -2.38. The monoisotopic (exact) mass is 434 g/mol. The van der Waals surface area contributed by atoms with E-state index < -0.39 is 5.54 Å². The number of aromatic nitrogens is 3. The average Bonchev–Trinajstić information content (AvgIpc) is 3.17. The first-order valence-corrected chi connectivity index (χ1v) is 10.7. The van der Waals surface area contributed by atoms with Crippen molar-refractivity contribution in [2.75, 3.05) is 0 Å². The van der Waals surface area contributed by atoms with Crippen LogP contribution in [0.1, 0.15) is 28.1 Å². The van der Waals surface area contributed by atoms with Crippen molar-refractivity contribution in [3.05, 3.63) is 130 Å². The smallest absolute Gasteiger partial charge is 0.153 e. The van der Waals surface area contributed by atoms with Crippen molar-refractivity contribution in [3.63, 3.8) is 0 Å². The molecule has 0 saturated carbocycles. The molecule has 0 spiro atoms. The van der Waals surface area contributed by atoms with E-state index in [1.807, 2.05) is 66.2 Å². The van der Waals surface area contributed by atoms with Gasteiger partial charge >= 0.3 is 0 Å². The van der Waals surface area contributed by atoms with Gasteiger partial charge in [-0.3, -0.25) is 0 Å². The highest BCUT2D eigenvalue weighted by atomic mass is 35.5. The van der Waals surface area contributed by atoms with Gasteiger partial charge < -0.3 is 0 Å². The molecule has 2 aromatic heterocycles. The molecular formula is C27H19ClN4. The zero-order valence-electron chi connectivity index (χ0n) is 17.4. The molecule has 0 aliphatic carbocycles. The second-order valence-corrected chi connectivity index (χ2v) is 7.99. The Morgan fingerprint density at radius 3 is 1.72 bits per heavy atom. The molecule has 5 heteroatoms. The summed E-state index contributed by atoms with van der Waals surface area (Å²) in [5, 5.41) is 15.7. The number of hydrogen-bond donors (Lipinski definition) is 0.